The SMILES string of the molecule is COC(=O)C(Cc1c[nH]c2ccccc12)NC(=O)c1ccc(C(F)(F)F)cc1. The number of halogens is 3. The number of ether oxygens (including phenoxy) is 1. The molecule has 28 heavy (non-hydrogen) atoms. The Morgan fingerprint density at radius 1 is 1.11 bits per heavy atom. The summed E-state index contributed by atoms with van der Waals surface area (Å²) in [4.78, 5) is 27.6. The van der Waals surface area contributed by atoms with E-state index in [-0.39, 0.29) is 12.0 Å². The molecule has 2 aromatic carbocycles. The second-order valence-corrected chi connectivity index (χ2v) is 6.19. The van der Waals surface area contributed by atoms with Crippen molar-refractivity contribution in [1.29, 1.82) is 0 Å². The zero-order chi connectivity index (χ0) is 20.3. The number of hydrogen-bond donors (Lipinski definition) is 2. The molecule has 146 valence electrons. The van der Waals surface area contributed by atoms with E-state index in [1.165, 1.54) is 7.11 Å². The fourth-order valence-electron chi connectivity index (χ4n) is 2.91. The van der Waals surface area contributed by atoms with Crippen molar-refractivity contribution < 1.29 is 27.5 Å². The molecule has 8 heteroatoms. The minimum absolute atomic E-state index is 0.0147. The maximum absolute atomic E-state index is 12.7. The summed E-state index contributed by atoms with van der Waals surface area (Å²) in [5.41, 5.74) is 0.849. The fraction of sp³-hybridized carbons (Fsp3) is 0.200. The summed E-state index contributed by atoms with van der Waals surface area (Å²) in [6.07, 6.45) is -2.58. The van der Waals surface area contributed by atoms with E-state index in [1.54, 1.807) is 6.20 Å². The Balaban J connectivity index is 1.79. The third-order valence-corrected chi connectivity index (χ3v) is 4.36. The third-order valence-electron chi connectivity index (χ3n) is 4.36. The molecule has 0 saturated carbocycles. The first-order valence-electron chi connectivity index (χ1n) is 8.40. The first kappa shape index (κ1) is 19.5. The van der Waals surface area contributed by atoms with Gasteiger partial charge < -0.3 is 15.0 Å². The number of carbonyl (C=O) groups excluding carboxylic acids is 2. The molecular formula is C20H17F3N2O3. The number of rotatable bonds is 5. The summed E-state index contributed by atoms with van der Waals surface area (Å²) >= 11 is 0. The molecule has 3 rings (SSSR count). The Hall–Kier alpha value is -3.29. The number of esters is 1. The molecular weight excluding hydrogens is 373 g/mol. The van der Waals surface area contributed by atoms with Gasteiger partial charge in [0.2, 0.25) is 0 Å². The lowest BCUT2D eigenvalue weighted by Crippen LogP contribution is -2.43. The van der Waals surface area contributed by atoms with E-state index in [0.29, 0.717) is 0 Å². The second kappa shape index (κ2) is 7.75. The molecule has 0 radical (unpaired) electrons. The number of hydrogen-bond acceptors (Lipinski definition) is 3. The van der Waals surface area contributed by atoms with E-state index in [9.17, 15) is 22.8 Å². The van der Waals surface area contributed by atoms with Crippen LogP contribution in [0.4, 0.5) is 13.2 Å². The average molecular weight is 390 g/mol. The highest BCUT2D eigenvalue weighted by atomic mass is 19.4. The van der Waals surface area contributed by atoms with E-state index in [1.807, 2.05) is 24.3 Å². The molecule has 0 aliphatic heterocycles. The Morgan fingerprint density at radius 3 is 2.43 bits per heavy atom. The highest BCUT2D eigenvalue weighted by Gasteiger charge is 2.30. The normalized spacial score (nSPS) is 12.6. The smallest absolute Gasteiger partial charge is 0.416 e. The minimum atomic E-state index is -4.49. The molecule has 1 aromatic heterocycles. The van der Waals surface area contributed by atoms with Crippen LogP contribution in [0.2, 0.25) is 0 Å². The molecule has 1 amide bonds. The number of para-hydroxylation sites is 1. The van der Waals surface area contributed by atoms with Crippen LogP contribution < -0.4 is 5.32 Å². The number of carbonyl (C=O) groups is 2. The number of H-pyrrole nitrogens is 1. The van der Waals surface area contributed by atoms with E-state index in [4.69, 9.17) is 4.74 Å². The maximum atomic E-state index is 12.7. The molecule has 0 aliphatic rings. The minimum Gasteiger partial charge on any atom is -0.467 e. The fourth-order valence-corrected chi connectivity index (χ4v) is 2.91. The maximum Gasteiger partial charge on any atom is 0.416 e. The first-order valence-corrected chi connectivity index (χ1v) is 8.40. The third kappa shape index (κ3) is 4.16. The largest absolute Gasteiger partial charge is 0.467 e. The quantitative estimate of drug-likeness (QED) is 0.653. The summed E-state index contributed by atoms with van der Waals surface area (Å²) in [6, 6.07) is 10.3. The Bertz CT molecular complexity index is 994. The number of fused-ring (bicyclic) bond motifs is 1. The van der Waals surface area contributed by atoms with Crippen LogP contribution in [-0.2, 0) is 22.1 Å². The number of aromatic amines is 1. The van der Waals surface area contributed by atoms with E-state index < -0.39 is 29.7 Å². The molecule has 3 aromatic rings. The van der Waals surface area contributed by atoms with Crippen molar-refractivity contribution in [3.8, 4) is 0 Å². The lowest BCUT2D eigenvalue weighted by molar-refractivity contribution is -0.142. The monoisotopic (exact) mass is 390 g/mol. The number of nitrogens with one attached hydrogen (secondary N) is 2. The van der Waals surface area contributed by atoms with Gasteiger partial charge in [-0.05, 0) is 35.9 Å². The number of aromatic nitrogens is 1. The van der Waals surface area contributed by atoms with Crippen LogP contribution >= 0.6 is 0 Å². The zero-order valence-corrected chi connectivity index (χ0v) is 14.8. The molecule has 0 bridgehead atoms. The summed E-state index contributed by atoms with van der Waals surface area (Å²) < 4.78 is 42.7. The Kier molecular flexibility index (Phi) is 5.39. The highest BCUT2D eigenvalue weighted by Crippen LogP contribution is 2.29. The summed E-state index contributed by atoms with van der Waals surface area (Å²) in [6.45, 7) is 0. The van der Waals surface area contributed by atoms with Gasteiger partial charge in [0.05, 0.1) is 12.7 Å². The van der Waals surface area contributed by atoms with Gasteiger partial charge in [-0.25, -0.2) is 4.79 Å². The number of benzene rings is 2. The topological polar surface area (TPSA) is 71.2 Å². The molecule has 1 heterocycles. The van der Waals surface area contributed by atoms with Gasteiger partial charge >= 0.3 is 12.1 Å². The van der Waals surface area contributed by atoms with E-state index >= 15 is 0 Å². The lowest BCUT2D eigenvalue weighted by Gasteiger charge is -2.16. The van der Waals surface area contributed by atoms with Crippen molar-refractivity contribution in [1.82, 2.24) is 10.3 Å². The number of amides is 1. The van der Waals surface area contributed by atoms with Crippen molar-refractivity contribution in [2.24, 2.45) is 0 Å². The van der Waals surface area contributed by atoms with Gasteiger partial charge in [0.25, 0.3) is 5.91 Å². The van der Waals surface area contributed by atoms with Crippen LogP contribution in [0.1, 0.15) is 21.5 Å². The van der Waals surface area contributed by atoms with E-state index in [0.717, 1.165) is 40.7 Å². The standard InChI is InChI=1S/C20H17F3N2O3/c1-28-19(27)17(10-13-11-24-16-5-3-2-4-15(13)16)25-18(26)12-6-8-14(9-7-12)20(21,22)23/h2-9,11,17,24H,10H2,1H3,(H,25,26). The van der Waals surface area contributed by atoms with Gasteiger partial charge in [-0.2, -0.15) is 13.2 Å². The average Bonchev–Trinajstić information content (AvgIpc) is 3.09. The molecule has 5 nitrogen and oxygen atoms in total. The lowest BCUT2D eigenvalue weighted by atomic mass is 10.0. The molecule has 0 spiro atoms. The molecule has 2 N–H and O–H groups in total. The van der Waals surface area contributed by atoms with Crippen molar-refractivity contribution >= 4 is 22.8 Å². The van der Waals surface area contributed by atoms with Crippen molar-refractivity contribution in [3.63, 3.8) is 0 Å². The molecule has 1 atom stereocenters. The van der Waals surface area contributed by atoms with Crippen molar-refractivity contribution in [3.05, 3.63) is 71.4 Å². The van der Waals surface area contributed by atoms with Crippen LogP contribution in [0.25, 0.3) is 10.9 Å². The van der Waals surface area contributed by atoms with E-state index in [2.05, 4.69) is 10.3 Å². The van der Waals surface area contributed by atoms with Crippen LogP contribution in [0.5, 0.6) is 0 Å². The van der Waals surface area contributed by atoms with Gasteiger partial charge in [-0.15, -0.1) is 0 Å². The predicted molar refractivity (Wildman–Crippen MR) is 96.7 cm³/mol. The van der Waals surface area contributed by atoms with Gasteiger partial charge in [0.15, 0.2) is 0 Å². The van der Waals surface area contributed by atoms with Gasteiger partial charge in [-0.1, -0.05) is 18.2 Å². The van der Waals surface area contributed by atoms with Crippen LogP contribution in [-0.4, -0.2) is 30.0 Å². The molecule has 0 aliphatic carbocycles. The van der Waals surface area contributed by atoms with Gasteiger partial charge in [0, 0.05) is 29.1 Å². The first-order chi connectivity index (χ1) is 13.3. The second-order valence-electron chi connectivity index (χ2n) is 6.19. The summed E-state index contributed by atoms with van der Waals surface area (Å²) in [5, 5.41) is 3.44. The highest BCUT2D eigenvalue weighted by molar-refractivity contribution is 5.97. The van der Waals surface area contributed by atoms with Crippen LogP contribution in [0.15, 0.2) is 54.7 Å². The zero-order valence-electron chi connectivity index (χ0n) is 14.8. The Labute approximate surface area is 158 Å². The molecule has 0 saturated heterocycles. The Morgan fingerprint density at radius 2 is 1.79 bits per heavy atom. The van der Waals surface area contributed by atoms with Crippen molar-refractivity contribution in [2.45, 2.75) is 18.6 Å². The molecule has 0 fully saturated rings. The van der Waals surface area contributed by atoms with Crippen LogP contribution in [0, 0.1) is 0 Å². The predicted octanol–water partition coefficient (Wildman–Crippen LogP) is 3.70. The molecule has 1 unspecified atom stereocenters. The number of alkyl halides is 3. The summed E-state index contributed by atoms with van der Waals surface area (Å²) in [5.74, 6) is -1.31. The van der Waals surface area contributed by atoms with Crippen LogP contribution in [0.3, 0.4) is 0 Å². The summed E-state index contributed by atoms with van der Waals surface area (Å²) in [7, 11) is 1.20. The van der Waals surface area contributed by atoms with Crippen molar-refractivity contribution in [2.75, 3.05) is 7.11 Å². The van der Waals surface area contributed by atoms with Gasteiger partial charge in [-0.3, -0.25) is 4.79 Å². The number of methoxy groups -OCH3 is 1. The van der Waals surface area contributed by atoms with Gasteiger partial charge in [0.1, 0.15) is 6.04 Å².